The Labute approximate surface area is 139 Å². The molecule has 1 unspecified atom stereocenters. The molecule has 9 heteroatoms. The van der Waals surface area contributed by atoms with E-state index in [1.165, 1.54) is 6.20 Å². The highest BCUT2D eigenvalue weighted by Crippen LogP contribution is 2.29. The van der Waals surface area contributed by atoms with Crippen LogP contribution in [0.2, 0.25) is 0 Å². The van der Waals surface area contributed by atoms with Crippen LogP contribution in [0.1, 0.15) is 31.6 Å². The Kier molecular flexibility index (Phi) is 6.30. The second-order valence-corrected chi connectivity index (χ2v) is 6.25. The summed E-state index contributed by atoms with van der Waals surface area (Å²) in [5.74, 6) is 0.330. The van der Waals surface area contributed by atoms with Gasteiger partial charge in [0.05, 0.1) is 6.61 Å². The van der Waals surface area contributed by atoms with E-state index in [0.717, 1.165) is 11.0 Å². The molecule has 1 aliphatic rings. The molecule has 0 aromatic carbocycles. The van der Waals surface area contributed by atoms with Gasteiger partial charge in [-0.1, -0.05) is 6.92 Å². The van der Waals surface area contributed by atoms with E-state index in [0.29, 0.717) is 18.4 Å². The van der Waals surface area contributed by atoms with Crippen molar-refractivity contribution in [3.05, 3.63) is 22.2 Å². The van der Waals surface area contributed by atoms with Gasteiger partial charge in [-0.2, -0.15) is 4.98 Å². The number of rotatable bonds is 7. The molecule has 0 spiro atoms. The van der Waals surface area contributed by atoms with Crippen LogP contribution in [-0.4, -0.2) is 61.5 Å². The third-order valence-corrected chi connectivity index (χ3v) is 4.28. The summed E-state index contributed by atoms with van der Waals surface area (Å²) in [6.07, 6.45) is -1.27. The van der Waals surface area contributed by atoms with Crippen molar-refractivity contribution in [1.82, 2.24) is 9.55 Å². The third kappa shape index (κ3) is 3.93. The van der Waals surface area contributed by atoms with E-state index in [4.69, 9.17) is 20.7 Å². The first-order valence-corrected chi connectivity index (χ1v) is 7.99. The molecular formula is C15H25N3O6. The summed E-state index contributed by atoms with van der Waals surface area (Å²) in [4.78, 5) is 15.9. The Bertz CT molecular complexity index is 607. The lowest BCUT2D eigenvalue weighted by Gasteiger charge is -2.19. The van der Waals surface area contributed by atoms with Gasteiger partial charge in [0, 0.05) is 18.4 Å². The monoisotopic (exact) mass is 343 g/mol. The van der Waals surface area contributed by atoms with E-state index in [-0.39, 0.29) is 18.3 Å². The third-order valence-electron chi connectivity index (χ3n) is 4.28. The molecule has 1 aromatic heterocycles. The van der Waals surface area contributed by atoms with Gasteiger partial charge in [0.25, 0.3) is 0 Å². The van der Waals surface area contributed by atoms with Crippen molar-refractivity contribution in [1.29, 1.82) is 0 Å². The molecule has 0 bridgehead atoms. The number of hydrogen-bond acceptors (Lipinski definition) is 8. The van der Waals surface area contributed by atoms with Crippen LogP contribution in [0.4, 0.5) is 5.82 Å². The van der Waals surface area contributed by atoms with Gasteiger partial charge in [0.15, 0.2) is 6.23 Å². The highest BCUT2D eigenvalue weighted by molar-refractivity contribution is 5.37. The predicted octanol–water partition coefficient (Wildman–Crippen LogP) is -1.61. The molecule has 136 valence electrons. The van der Waals surface area contributed by atoms with Crippen LogP contribution in [0, 0.1) is 5.92 Å². The topological polar surface area (TPSA) is 151 Å². The number of nitrogens with zero attached hydrogens (tertiary/aromatic N) is 2. The lowest BCUT2D eigenvalue weighted by Crippen LogP contribution is -2.36. The molecule has 0 saturated carbocycles. The van der Waals surface area contributed by atoms with Crippen LogP contribution in [0.25, 0.3) is 0 Å². The second-order valence-electron chi connectivity index (χ2n) is 6.25. The Balaban J connectivity index is 2.25. The van der Waals surface area contributed by atoms with Gasteiger partial charge in [0.1, 0.15) is 24.1 Å². The quantitative estimate of drug-likeness (QED) is 0.396. The van der Waals surface area contributed by atoms with Gasteiger partial charge in [-0.3, -0.25) is 4.57 Å². The van der Waals surface area contributed by atoms with Crippen LogP contribution in [0.15, 0.2) is 11.0 Å². The number of ether oxygens (including phenoxy) is 1. The number of anilines is 1. The fourth-order valence-electron chi connectivity index (χ4n) is 2.89. The second kappa shape index (κ2) is 8.04. The number of aliphatic hydroxyl groups is 4. The molecule has 1 fully saturated rings. The first-order valence-electron chi connectivity index (χ1n) is 7.99. The molecule has 6 N–H and O–H groups in total. The smallest absolute Gasteiger partial charge is 0.351 e. The summed E-state index contributed by atoms with van der Waals surface area (Å²) >= 11 is 0. The number of nitrogen functional groups attached to an aromatic ring is 1. The fourth-order valence-corrected chi connectivity index (χ4v) is 2.89. The molecule has 1 saturated heterocycles. The van der Waals surface area contributed by atoms with Crippen molar-refractivity contribution < 1.29 is 25.2 Å². The molecule has 5 atom stereocenters. The van der Waals surface area contributed by atoms with Crippen molar-refractivity contribution in [2.75, 3.05) is 18.9 Å². The largest absolute Gasteiger partial charge is 0.396 e. The van der Waals surface area contributed by atoms with Crippen molar-refractivity contribution >= 4 is 5.82 Å². The molecule has 2 heterocycles. The molecule has 0 radical (unpaired) electrons. The van der Waals surface area contributed by atoms with Crippen LogP contribution >= 0.6 is 0 Å². The Morgan fingerprint density at radius 2 is 2.08 bits per heavy atom. The molecule has 0 amide bonds. The van der Waals surface area contributed by atoms with Crippen molar-refractivity contribution in [3.8, 4) is 0 Å². The maximum Gasteiger partial charge on any atom is 0.351 e. The van der Waals surface area contributed by atoms with Crippen molar-refractivity contribution in [2.24, 2.45) is 5.92 Å². The van der Waals surface area contributed by atoms with Crippen molar-refractivity contribution in [3.63, 3.8) is 0 Å². The van der Waals surface area contributed by atoms with E-state index < -0.39 is 36.8 Å². The first-order chi connectivity index (χ1) is 11.4. The van der Waals surface area contributed by atoms with Gasteiger partial charge in [-0.05, 0) is 25.2 Å². The zero-order valence-corrected chi connectivity index (χ0v) is 13.6. The van der Waals surface area contributed by atoms with Gasteiger partial charge in [-0.25, -0.2) is 4.79 Å². The summed E-state index contributed by atoms with van der Waals surface area (Å²) in [6.45, 7) is 1.63. The molecule has 2 rings (SSSR count). The Morgan fingerprint density at radius 1 is 1.38 bits per heavy atom. The van der Waals surface area contributed by atoms with Crippen LogP contribution in [0.5, 0.6) is 0 Å². The summed E-state index contributed by atoms with van der Waals surface area (Å²) < 4.78 is 6.46. The fraction of sp³-hybridized carbons (Fsp3) is 0.733. The first kappa shape index (κ1) is 18.8. The number of hydrogen-bond donors (Lipinski definition) is 5. The normalized spacial score (nSPS) is 28.2. The Morgan fingerprint density at radius 3 is 2.67 bits per heavy atom. The van der Waals surface area contributed by atoms with Gasteiger partial charge in [-0.15, -0.1) is 0 Å². The average molecular weight is 343 g/mol. The van der Waals surface area contributed by atoms with E-state index in [2.05, 4.69) is 4.98 Å². The summed E-state index contributed by atoms with van der Waals surface area (Å²) in [7, 11) is 0. The van der Waals surface area contributed by atoms with Crippen LogP contribution < -0.4 is 11.4 Å². The summed E-state index contributed by atoms with van der Waals surface area (Å²) in [6, 6.07) is 0. The highest BCUT2D eigenvalue weighted by Gasteiger charge is 2.43. The SMILES string of the molecule is CC(CCCO)Cc1cn([C@@H]2O[C@H](CO)[C@@H](O)[C@@H]2O)c(=O)nc1N. The molecule has 24 heavy (non-hydrogen) atoms. The molecular weight excluding hydrogens is 318 g/mol. The van der Waals surface area contributed by atoms with Crippen LogP contribution in [0.3, 0.4) is 0 Å². The number of nitrogens with two attached hydrogens (primary N) is 1. The molecule has 1 aromatic rings. The number of aromatic nitrogens is 2. The van der Waals surface area contributed by atoms with E-state index in [1.807, 2.05) is 6.92 Å². The lowest BCUT2D eigenvalue weighted by atomic mass is 9.98. The maximum absolute atomic E-state index is 12.1. The lowest BCUT2D eigenvalue weighted by molar-refractivity contribution is -0.0550. The minimum absolute atomic E-state index is 0.110. The van der Waals surface area contributed by atoms with Crippen molar-refractivity contribution in [2.45, 2.75) is 50.7 Å². The minimum atomic E-state index is -1.36. The molecule has 0 aliphatic carbocycles. The molecule has 9 nitrogen and oxygen atoms in total. The van der Waals surface area contributed by atoms with Crippen LogP contribution in [-0.2, 0) is 11.2 Å². The highest BCUT2D eigenvalue weighted by atomic mass is 16.6. The van der Waals surface area contributed by atoms with E-state index >= 15 is 0 Å². The van der Waals surface area contributed by atoms with Gasteiger partial charge >= 0.3 is 5.69 Å². The minimum Gasteiger partial charge on any atom is -0.396 e. The van der Waals surface area contributed by atoms with E-state index in [9.17, 15) is 15.0 Å². The standard InChI is InChI=1S/C15H25N3O6/c1-8(3-2-4-19)5-9-6-18(15(23)17-13(9)16)14-12(22)11(21)10(7-20)24-14/h6,8,10-12,14,19-22H,2-5,7H2,1H3,(H2,16,17,23)/t8?,10-,11-,12+,14-/m1/s1. The zero-order chi connectivity index (χ0) is 17.9. The summed E-state index contributed by atoms with van der Waals surface area (Å²) in [5, 5.41) is 37.9. The average Bonchev–Trinajstić information content (AvgIpc) is 2.83. The van der Waals surface area contributed by atoms with Gasteiger partial charge in [0.2, 0.25) is 0 Å². The molecule has 1 aliphatic heterocycles. The maximum atomic E-state index is 12.1. The zero-order valence-electron chi connectivity index (χ0n) is 13.6. The number of aliphatic hydroxyl groups excluding tert-OH is 4. The van der Waals surface area contributed by atoms with E-state index in [1.54, 1.807) is 0 Å². The predicted molar refractivity (Wildman–Crippen MR) is 85.1 cm³/mol. The Hall–Kier alpha value is -1.52. The van der Waals surface area contributed by atoms with Gasteiger partial charge < -0.3 is 30.9 Å². The summed E-state index contributed by atoms with van der Waals surface area (Å²) in [5.41, 5.74) is 5.74.